The van der Waals surface area contributed by atoms with E-state index in [4.69, 9.17) is 9.47 Å². The van der Waals surface area contributed by atoms with E-state index in [9.17, 15) is 19.5 Å². The summed E-state index contributed by atoms with van der Waals surface area (Å²) in [4.78, 5) is 35.8. The van der Waals surface area contributed by atoms with E-state index in [1.807, 2.05) is 0 Å². The fourth-order valence-corrected chi connectivity index (χ4v) is 2.29. The molecule has 2 unspecified atom stereocenters. The summed E-state index contributed by atoms with van der Waals surface area (Å²) in [7, 11) is 0. The van der Waals surface area contributed by atoms with Gasteiger partial charge in [0.25, 0.3) is 5.91 Å². The van der Waals surface area contributed by atoms with Crippen LogP contribution in [0.4, 0.5) is 5.69 Å². The summed E-state index contributed by atoms with van der Waals surface area (Å²) >= 11 is 0. The molecule has 1 aliphatic heterocycles. The van der Waals surface area contributed by atoms with Crippen LogP contribution in [0.2, 0.25) is 0 Å². The summed E-state index contributed by atoms with van der Waals surface area (Å²) in [6.45, 7) is 5.05. The van der Waals surface area contributed by atoms with Crippen LogP contribution in [0.3, 0.4) is 0 Å². The number of anilines is 1. The fourth-order valence-electron chi connectivity index (χ4n) is 2.29. The third-order valence-electron chi connectivity index (χ3n) is 3.38. The first-order chi connectivity index (χ1) is 10.4. The minimum absolute atomic E-state index is 0.228. The first-order valence-corrected chi connectivity index (χ1v) is 6.89. The molecule has 0 bridgehead atoms. The van der Waals surface area contributed by atoms with Crippen LogP contribution in [-0.4, -0.2) is 42.0 Å². The molecule has 7 nitrogen and oxygen atoms in total. The molecule has 2 rings (SSSR count). The summed E-state index contributed by atoms with van der Waals surface area (Å²) < 4.78 is 11.0. The Morgan fingerprint density at radius 3 is 2.77 bits per heavy atom. The smallest absolute Gasteiger partial charge is 0.326 e. The number of fused-ring (bicyclic) bond motifs is 1. The maximum Gasteiger partial charge on any atom is 0.326 e. The van der Waals surface area contributed by atoms with Crippen LogP contribution in [0.15, 0.2) is 12.1 Å². The lowest BCUT2D eigenvalue weighted by Gasteiger charge is -2.36. The second kappa shape index (κ2) is 6.05. The molecular weight excluding hydrogens is 290 g/mol. The Kier molecular flexibility index (Phi) is 4.35. The van der Waals surface area contributed by atoms with Crippen molar-refractivity contribution in [3.63, 3.8) is 0 Å². The number of amides is 1. The monoisotopic (exact) mass is 307 g/mol. The van der Waals surface area contributed by atoms with Crippen LogP contribution in [0.25, 0.3) is 0 Å². The molecule has 1 aromatic carbocycles. The maximum absolute atomic E-state index is 12.3. The Balaban J connectivity index is 2.65. The van der Waals surface area contributed by atoms with Gasteiger partial charge in [0.15, 0.2) is 17.6 Å². The highest BCUT2D eigenvalue weighted by atomic mass is 16.5. The van der Waals surface area contributed by atoms with Gasteiger partial charge in [-0.3, -0.25) is 14.5 Å². The molecule has 22 heavy (non-hydrogen) atoms. The van der Waals surface area contributed by atoms with E-state index in [1.54, 1.807) is 6.92 Å². The summed E-state index contributed by atoms with van der Waals surface area (Å²) in [6.07, 6.45) is -0.231. The minimum atomic E-state index is -1.15. The normalized spacial score (nSPS) is 18.2. The Hall–Kier alpha value is -2.57. The van der Waals surface area contributed by atoms with Gasteiger partial charge in [0.05, 0.1) is 12.3 Å². The van der Waals surface area contributed by atoms with Crippen LogP contribution in [0.5, 0.6) is 11.5 Å². The van der Waals surface area contributed by atoms with Crippen molar-refractivity contribution in [1.29, 1.82) is 0 Å². The summed E-state index contributed by atoms with van der Waals surface area (Å²) in [5.74, 6) is -1.05. The van der Waals surface area contributed by atoms with E-state index in [2.05, 4.69) is 0 Å². The molecule has 0 saturated carbocycles. The van der Waals surface area contributed by atoms with E-state index in [0.717, 1.165) is 4.90 Å². The molecule has 2 atom stereocenters. The number of aliphatic carboxylic acids is 1. The molecule has 0 aromatic heterocycles. The van der Waals surface area contributed by atoms with Gasteiger partial charge >= 0.3 is 5.97 Å². The van der Waals surface area contributed by atoms with Crippen LogP contribution in [0, 0.1) is 0 Å². The van der Waals surface area contributed by atoms with Crippen LogP contribution in [0.1, 0.15) is 31.1 Å². The van der Waals surface area contributed by atoms with Crippen molar-refractivity contribution in [1.82, 2.24) is 0 Å². The van der Waals surface area contributed by atoms with Gasteiger partial charge in [0.2, 0.25) is 0 Å². The lowest BCUT2D eigenvalue weighted by molar-refractivity contribution is -0.140. The molecule has 1 N–H and O–H groups in total. The van der Waals surface area contributed by atoms with Crippen molar-refractivity contribution in [3.05, 3.63) is 17.7 Å². The van der Waals surface area contributed by atoms with Gasteiger partial charge in [-0.05, 0) is 32.9 Å². The van der Waals surface area contributed by atoms with Gasteiger partial charge in [-0.1, -0.05) is 0 Å². The third kappa shape index (κ3) is 2.61. The first kappa shape index (κ1) is 15.8. The van der Waals surface area contributed by atoms with E-state index in [-0.39, 0.29) is 17.0 Å². The number of aldehydes is 1. The summed E-state index contributed by atoms with van der Waals surface area (Å²) in [6, 6.07) is 1.84. The van der Waals surface area contributed by atoms with Gasteiger partial charge in [-0.2, -0.15) is 0 Å². The highest BCUT2D eigenvalue weighted by Crippen LogP contribution is 2.43. The molecule has 1 heterocycles. The first-order valence-electron chi connectivity index (χ1n) is 6.89. The number of hydrogen-bond donors (Lipinski definition) is 1. The highest BCUT2D eigenvalue weighted by molar-refractivity contribution is 6.05. The Labute approximate surface area is 127 Å². The number of carbonyl (C=O) groups excluding carboxylic acids is 2. The molecule has 0 spiro atoms. The number of hydrogen-bond acceptors (Lipinski definition) is 5. The van der Waals surface area contributed by atoms with Crippen molar-refractivity contribution in [2.75, 3.05) is 11.5 Å². The molecule has 1 aromatic rings. The van der Waals surface area contributed by atoms with Crippen molar-refractivity contribution >= 4 is 23.9 Å². The zero-order valence-corrected chi connectivity index (χ0v) is 12.5. The summed E-state index contributed by atoms with van der Waals surface area (Å²) in [5.41, 5.74) is 0.502. The largest absolute Gasteiger partial charge is 0.490 e. The maximum atomic E-state index is 12.3. The molecule has 118 valence electrons. The Morgan fingerprint density at radius 1 is 1.55 bits per heavy atom. The molecule has 1 aliphatic rings. The summed E-state index contributed by atoms with van der Waals surface area (Å²) in [5, 5.41) is 9.23. The quantitative estimate of drug-likeness (QED) is 0.828. The minimum Gasteiger partial charge on any atom is -0.490 e. The predicted molar refractivity (Wildman–Crippen MR) is 77.7 cm³/mol. The fraction of sp³-hybridized carbons (Fsp3) is 0.400. The average Bonchev–Trinajstić information content (AvgIpc) is 2.48. The highest BCUT2D eigenvalue weighted by Gasteiger charge is 2.39. The predicted octanol–water partition coefficient (Wildman–Crippen LogP) is 1.48. The second-order valence-corrected chi connectivity index (χ2v) is 4.90. The Bertz CT molecular complexity index is 627. The van der Waals surface area contributed by atoms with E-state index >= 15 is 0 Å². The lowest BCUT2D eigenvalue weighted by atomic mass is 10.1. The van der Waals surface area contributed by atoms with Crippen molar-refractivity contribution in [2.45, 2.75) is 32.9 Å². The Morgan fingerprint density at radius 2 is 2.23 bits per heavy atom. The number of carboxylic acids is 1. The van der Waals surface area contributed by atoms with Gasteiger partial charge in [-0.25, -0.2) is 4.79 Å². The molecule has 0 saturated heterocycles. The number of nitrogens with zero attached hydrogens (tertiary/aromatic N) is 1. The topological polar surface area (TPSA) is 93.1 Å². The molecule has 0 fully saturated rings. The van der Waals surface area contributed by atoms with Gasteiger partial charge < -0.3 is 14.6 Å². The van der Waals surface area contributed by atoms with Crippen LogP contribution >= 0.6 is 0 Å². The number of benzene rings is 1. The van der Waals surface area contributed by atoms with E-state index < -0.39 is 24.0 Å². The number of rotatable bonds is 5. The van der Waals surface area contributed by atoms with Gasteiger partial charge in [0.1, 0.15) is 12.3 Å². The molecule has 0 aliphatic carbocycles. The van der Waals surface area contributed by atoms with Gasteiger partial charge in [-0.15, -0.1) is 0 Å². The third-order valence-corrected chi connectivity index (χ3v) is 3.38. The second-order valence-electron chi connectivity index (χ2n) is 4.90. The van der Waals surface area contributed by atoms with E-state index in [0.29, 0.717) is 18.6 Å². The van der Waals surface area contributed by atoms with E-state index in [1.165, 1.54) is 26.0 Å². The number of carboxylic acid groups (broad SMARTS) is 1. The SMILES string of the molecule is CCOc1cc(C=O)cc2c1OC(C)C(=O)N2C(C)C(=O)O. The molecule has 7 heteroatoms. The van der Waals surface area contributed by atoms with Gasteiger partial charge in [0, 0.05) is 5.56 Å². The van der Waals surface area contributed by atoms with Crippen LogP contribution in [-0.2, 0) is 9.59 Å². The van der Waals surface area contributed by atoms with Crippen molar-refractivity contribution < 1.29 is 29.0 Å². The molecule has 0 radical (unpaired) electrons. The standard InChI is InChI=1S/C15H17NO6/c1-4-21-12-6-10(7-17)5-11-13(12)22-9(3)14(18)16(11)8(2)15(19)20/h5-9H,4H2,1-3H3,(H,19,20). The number of carbonyl (C=O) groups is 3. The van der Waals surface area contributed by atoms with Crippen molar-refractivity contribution in [2.24, 2.45) is 0 Å². The van der Waals surface area contributed by atoms with Crippen molar-refractivity contribution in [3.8, 4) is 11.5 Å². The average molecular weight is 307 g/mol. The number of ether oxygens (including phenoxy) is 2. The molecule has 1 amide bonds. The lowest BCUT2D eigenvalue weighted by Crippen LogP contribution is -2.51. The molecular formula is C15H17NO6. The zero-order chi connectivity index (χ0) is 16.4. The zero-order valence-electron chi connectivity index (χ0n) is 12.5. The van der Waals surface area contributed by atoms with Crippen LogP contribution < -0.4 is 14.4 Å².